The van der Waals surface area contributed by atoms with Crippen LogP contribution in [0.15, 0.2) is 24.3 Å². The van der Waals surface area contributed by atoms with Crippen LogP contribution in [0.5, 0.6) is 5.75 Å². The Morgan fingerprint density at radius 1 is 0.750 bits per heavy atom. The maximum Gasteiger partial charge on any atom is 0.400 e. The van der Waals surface area contributed by atoms with E-state index in [1.807, 2.05) is 0 Å². The maximum atomic E-state index is 15.2. The molecule has 2 aromatic rings. The largest absolute Gasteiger partial charge is 0.432 e. The van der Waals surface area contributed by atoms with Gasteiger partial charge in [-0.05, 0) is 87.3 Å². The standard InChI is InChI=1S/C34H41ClF6O3/c1-2-3-4-5-20-18-42-33(43-19-20)23-8-6-21(7-9-23)22-10-12-25(13-11-22)34(40,41)44-26-16-27(36)31(28(37)17-26)24-14-29(38)32(35)30(39)15-24/h14-17,20-23,25,33H,2-13,18-19H2,1H3. The van der Waals surface area contributed by atoms with E-state index in [1.54, 1.807) is 0 Å². The molecule has 0 amide bonds. The first-order valence-electron chi connectivity index (χ1n) is 16.0. The van der Waals surface area contributed by atoms with E-state index in [2.05, 4.69) is 6.92 Å². The molecule has 3 fully saturated rings. The number of halogens is 7. The number of benzene rings is 2. The Morgan fingerprint density at radius 2 is 1.27 bits per heavy atom. The minimum absolute atomic E-state index is 0.137. The monoisotopic (exact) mass is 646 g/mol. The maximum absolute atomic E-state index is 15.2. The molecule has 2 saturated carbocycles. The molecule has 3 nitrogen and oxygen atoms in total. The van der Waals surface area contributed by atoms with E-state index in [-0.39, 0.29) is 19.1 Å². The van der Waals surface area contributed by atoms with E-state index < -0.39 is 57.2 Å². The summed E-state index contributed by atoms with van der Waals surface area (Å²) in [6, 6.07) is 2.56. The van der Waals surface area contributed by atoms with Crippen LogP contribution in [0.4, 0.5) is 26.3 Å². The summed E-state index contributed by atoms with van der Waals surface area (Å²) in [5, 5.41) is -0.814. The molecule has 0 bridgehead atoms. The van der Waals surface area contributed by atoms with Crippen molar-refractivity contribution in [2.24, 2.45) is 29.6 Å². The molecule has 0 aromatic heterocycles. The van der Waals surface area contributed by atoms with Crippen molar-refractivity contribution in [3.63, 3.8) is 0 Å². The van der Waals surface area contributed by atoms with Crippen LogP contribution >= 0.6 is 11.6 Å². The zero-order valence-electron chi connectivity index (χ0n) is 25.0. The highest BCUT2D eigenvalue weighted by Gasteiger charge is 2.45. The zero-order chi connectivity index (χ0) is 31.4. The lowest BCUT2D eigenvalue weighted by atomic mass is 9.69. The van der Waals surface area contributed by atoms with Crippen LogP contribution in [-0.2, 0) is 9.47 Å². The Bertz CT molecular complexity index is 1210. The molecule has 244 valence electrons. The van der Waals surface area contributed by atoms with Gasteiger partial charge in [-0.3, -0.25) is 0 Å². The average molecular weight is 647 g/mol. The highest BCUT2D eigenvalue weighted by atomic mass is 35.5. The summed E-state index contributed by atoms with van der Waals surface area (Å²) < 4.78 is 105. The van der Waals surface area contributed by atoms with Gasteiger partial charge in [0, 0.05) is 24.0 Å². The average Bonchev–Trinajstić information content (AvgIpc) is 3.00. The number of hydrogen-bond acceptors (Lipinski definition) is 3. The smallest absolute Gasteiger partial charge is 0.400 e. The number of rotatable bonds is 10. The van der Waals surface area contributed by atoms with Crippen molar-refractivity contribution in [3.05, 3.63) is 52.6 Å². The van der Waals surface area contributed by atoms with Crippen LogP contribution < -0.4 is 4.74 Å². The molecule has 2 aliphatic carbocycles. The third-order valence-corrected chi connectivity index (χ3v) is 10.2. The fraction of sp³-hybridized carbons (Fsp3) is 0.647. The third kappa shape index (κ3) is 7.87. The second-order valence-electron chi connectivity index (χ2n) is 12.9. The Labute approximate surface area is 260 Å². The molecule has 0 N–H and O–H groups in total. The number of ether oxygens (including phenoxy) is 3. The van der Waals surface area contributed by atoms with Gasteiger partial charge in [-0.1, -0.05) is 37.8 Å². The van der Waals surface area contributed by atoms with Gasteiger partial charge >= 0.3 is 6.11 Å². The minimum atomic E-state index is -3.63. The zero-order valence-corrected chi connectivity index (χ0v) is 25.8. The quantitative estimate of drug-likeness (QED) is 0.146. The van der Waals surface area contributed by atoms with Crippen molar-refractivity contribution in [1.29, 1.82) is 0 Å². The molecule has 2 aromatic carbocycles. The van der Waals surface area contributed by atoms with Gasteiger partial charge < -0.3 is 14.2 Å². The summed E-state index contributed by atoms with van der Waals surface area (Å²) in [5.74, 6) is -5.06. The van der Waals surface area contributed by atoms with Gasteiger partial charge in [0.25, 0.3) is 0 Å². The van der Waals surface area contributed by atoms with Crippen LogP contribution in [0.3, 0.4) is 0 Å². The molecule has 10 heteroatoms. The van der Waals surface area contributed by atoms with Gasteiger partial charge in [0.05, 0.1) is 24.7 Å². The van der Waals surface area contributed by atoms with Gasteiger partial charge in [0.15, 0.2) is 6.29 Å². The summed E-state index contributed by atoms with van der Waals surface area (Å²) in [7, 11) is 0. The molecular formula is C34H41ClF6O3. The van der Waals surface area contributed by atoms with Crippen molar-refractivity contribution in [3.8, 4) is 16.9 Å². The molecular weight excluding hydrogens is 606 g/mol. The van der Waals surface area contributed by atoms with Crippen molar-refractivity contribution < 1.29 is 40.6 Å². The second kappa shape index (κ2) is 14.6. The van der Waals surface area contributed by atoms with Crippen molar-refractivity contribution in [2.75, 3.05) is 13.2 Å². The van der Waals surface area contributed by atoms with Crippen LogP contribution in [0, 0.1) is 52.9 Å². The van der Waals surface area contributed by atoms with Crippen molar-refractivity contribution in [1.82, 2.24) is 0 Å². The molecule has 1 aliphatic heterocycles. The van der Waals surface area contributed by atoms with Crippen LogP contribution in [0.2, 0.25) is 5.02 Å². The van der Waals surface area contributed by atoms with E-state index >= 15 is 8.78 Å². The molecule has 1 heterocycles. The summed E-state index contributed by atoms with van der Waals surface area (Å²) in [6.45, 7) is 3.73. The number of hydrogen-bond donors (Lipinski definition) is 0. The molecule has 44 heavy (non-hydrogen) atoms. The van der Waals surface area contributed by atoms with Gasteiger partial charge in [0.1, 0.15) is 34.0 Å². The summed E-state index contributed by atoms with van der Waals surface area (Å²) in [5.41, 5.74) is -1.21. The lowest BCUT2D eigenvalue weighted by Crippen LogP contribution is -2.40. The van der Waals surface area contributed by atoms with Crippen LogP contribution in [-0.4, -0.2) is 25.6 Å². The van der Waals surface area contributed by atoms with Crippen molar-refractivity contribution >= 4 is 11.6 Å². The predicted octanol–water partition coefficient (Wildman–Crippen LogP) is 10.7. The van der Waals surface area contributed by atoms with Gasteiger partial charge in [-0.2, -0.15) is 8.78 Å². The van der Waals surface area contributed by atoms with Gasteiger partial charge in [0.2, 0.25) is 0 Å². The van der Waals surface area contributed by atoms with E-state index in [0.29, 0.717) is 60.8 Å². The highest BCUT2D eigenvalue weighted by molar-refractivity contribution is 6.31. The molecule has 0 unspecified atom stereocenters. The first-order valence-corrected chi connectivity index (χ1v) is 16.4. The summed E-state index contributed by atoms with van der Waals surface area (Å²) >= 11 is 5.45. The van der Waals surface area contributed by atoms with E-state index in [4.69, 9.17) is 25.8 Å². The van der Waals surface area contributed by atoms with E-state index in [1.165, 1.54) is 19.3 Å². The number of unbranched alkanes of at least 4 members (excludes halogenated alkanes) is 2. The normalized spacial score (nSPS) is 28.2. The Balaban J connectivity index is 1.10. The topological polar surface area (TPSA) is 27.7 Å². The molecule has 0 radical (unpaired) electrons. The first kappa shape index (κ1) is 33.4. The van der Waals surface area contributed by atoms with Crippen LogP contribution in [0.1, 0.15) is 84.0 Å². The lowest BCUT2D eigenvalue weighted by molar-refractivity contribution is -0.232. The third-order valence-electron chi connectivity index (χ3n) is 9.87. The van der Waals surface area contributed by atoms with Crippen molar-refractivity contribution in [2.45, 2.75) is 96.4 Å². The van der Waals surface area contributed by atoms with Gasteiger partial charge in [-0.25, -0.2) is 17.6 Å². The lowest BCUT2D eigenvalue weighted by Gasteiger charge is -2.41. The molecule has 0 spiro atoms. The second-order valence-corrected chi connectivity index (χ2v) is 13.2. The SMILES string of the molecule is CCCCCC1COC(C2CCC(C3CCC(C(F)(F)Oc4cc(F)c(-c5cc(F)c(Cl)c(F)c5)c(F)c4)CC3)CC2)OC1. The fourth-order valence-electron chi connectivity index (χ4n) is 7.32. The summed E-state index contributed by atoms with van der Waals surface area (Å²) in [4.78, 5) is 0. The molecule has 0 atom stereocenters. The van der Waals surface area contributed by atoms with Gasteiger partial charge in [-0.15, -0.1) is 0 Å². The van der Waals surface area contributed by atoms with E-state index in [9.17, 15) is 17.6 Å². The van der Waals surface area contributed by atoms with Crippen LogP contribution in [0.25, 0.3) is 11.1 Å². The molecule has 5 rings (SSSR count). The number of alkyl halides is 2. The molecule has 3 aliphatic rings. The summed E-state index contributed by atoms with van der Waals surface area (Å²) in [6.07, 6.45) is 6.90. The first-order chi connectivity index (χ1) is 21.1. The molecule has 1 saturated heterocycles. The Hall–Kier alpha value is -1.97. The Morgan fingerprint density at radius 3 is 1.82 bits per heavy atom. The highest BCUT2D eigenvalue weighted by Crippen LogP contribution is 2.46. The predicted molar refractivity (Wildman–Crippen MR) is 157 cm³/mol. The Kier molecular flexibility index (Phi) is 11.1. The fourth-order valence-corrected chi connectivity index (χ4v) is 7.43. The van der Waals surface area contributed by atoms with E-state index in [0.717, 1.165) is 45.3 Å². The minimum Gasteiger partial charge on any atom is -0.432 e.